The molecule has 3 rings (SSSR count). The first-order valence-corrected chi connectivity index (χ1v) is 10.8. The van der Waals surface area contributed by atoms with E-state index >= 15 is 0 Å². The minimum atomic E-state index is 0.187. The van der Waals surface area contributed by atoms with Gasteiger partial charge in [0.05, 0.1) is 12.7 Å². The number of morpholine rings is 1. The third-order valence-corrected chi connectivity index (χ3v) is 5.85. The van der Waals surface area contributed by atoms with Gasteiger partial charge in [-0.1, -0.05) is 6.92 Å². The van der Waals surface area contributed by atoms with Crippen molar-refractivity contribution in [1.29, 1.82) is 0 Å². The van der Waals surface area contributed by atoms with Crippen molar-refractivity contribution >= 4 is 5.96 Å². The Morgan fingerprint density at radius 3 is 2.54 bits per heavy atom. The molecule has 0 bridgehead atoms. The number of aliphatic imine (C=N–C) groups is 1. The average molecular weight is 367 g/mol. The minimum absolute atomic E-state index is 0.187. The van der Waals surface area contributed by atoms with Crippen molar-refractivity contribution in [3.63, 3.8) is 0 Å². The highest BCUT2D eigenvalue weighted by molar-refractivity contribution is 5.80. The lowest BCUT2D eigenvalue weighted by Gasteiger charge is -2.37. The maximum absolute atomic E-state index is 5.99. The van der Waals surface area contributed by atoms with Crippen LogP contribution in [0, 0.1) is 5.92 Å². The molecule has 3 aliphatic heterocycles. The van der Waals surface area contributed by atoms with Crippen LogP contribution in [-0.2, 0) is 9.47 Å². The van der Waals surface area contributed by atoms with E-state index in [1.54, 1.807) is 0 Å². The topological polar surface area (TPSA) is 49.3 Å². The molecule has 1 N–H and O–H groups in total. The summed E-state index contributed by atoms with van der Waals surface area (Å²) in [5, 5.41) is 3.50. The summed E-state index contributed by atoms with van der Waals surface area (Å²) >= 11 is 0. The van der Waals surface area contributed by atoms with Gasteiger partial charge in [-0.2, -0.15) is 0 Å². The zero-order valence-electron chi connectivity index (χ0n) is 16.8. The highest BCUT2D eigenvalue weighted by atomic mass is 16.5. The fourth-order valence-corrected chi connectivity index (χ4v) is 4.34. The molecule has 3 aliphatic rings. The van der Waals surface area contributed by atoms with E-state index in [-0.39, 0.29) is 12.2 Å². The van der Waals surface area contributed by atoms with E-state index in [9.17, 15) is 0 Å². The van der Waals surface area contributed by atoms with Crippen LogP contribution < -0.4 is 5.32 Å². The lowest BCUT2D eigenvalue weighted by Crippen LogP contribution is -2.53. The molecule has 2 atom stereocenters. The van der Waals surface area contributed by atoms with Crippen LogP contribution in [0.25, 0.3) is 0 Å². The maximum Gasteiger partial charge on any atom is 0.194 e. The molecular formula is C20H38N4O2. The van der Waals surface area contributed by atoms with Gasteiger partial charge in [0.25, 0.3) is 0 Å². The number of piperidine rings is 1. The summed E-state index contributed by atoms with van der Waals surface area (Å²) in [7, 11) is 0. The van der Waals surface area contributed by atoms with E-state index in [1.807, 2.05) is 0 Å². The summed E-state index contributed by atoms with van der Waals surface area (Å²) in [5.41, 5.74) is 0. The summed E-state index contributed by atoms with van der Waals surface area (Å²) in [6.07, 6.45) is 6.57. The molecule has 0 radical (unpaired) electrons. The lowest BCUT2D eigenvalue weighted by molar-refractivity contribution is -0.0817. The molecule has 0 spiro atoms. The van der Waals surface area contributed by atoms with E-state index in [0.717, 1.165) is 64.1 Å². The molecule has 0 aromatic rings. The standard InChI is InChI=1S/C20H38N4O2/c1-3-9-23-10-7-17(8-11-23)15-22-20(21-4-2)24-12-14-26-19(16-24)18-6-5-13-25-18/h17-19H,3-16H2,1-2H3,(H,21,22). The second-order valence-electron chi connectivity index (χ2n) is 7.89. The molecule has 6 nitrogen and oxygen atoms in total. The van der Waals surface area contributed by atoms with Crippen molar-refractivity contribution in [1.82, 2.24) is 15.1 Å². The van der Waals surface area contributed by atoms with Gasteiger partial charge in [0.15, 0.2) is 5.96 Å². The van der Waals surface area contributed by atoms with Crippen molar-refractivity contribution in [3.05, 3.63) is 0 Å². The smallest absolute Gasteiger partial charge is 0.194 e. The fourth-order valence-electron chi connectivity index (χ4n) is 4.34. The molecule has 150 valence electrons. The first-order chi connectivity index (χ1) is 12.8. The van der Waals surface area contributed by atoms with E-state index in [4.69, 9.17) is 14.5 Å². The van der Waals surface area contributed by atoms with Crippen LogP contribution in [0.2, 0.25) is 0 Å². The SMILES string of the molecule is CCCN1CCC(CN=C(NCC)N2CCOC(C3CCCO3)C2)CC1. The van der Waals surface area contributed by atoms with Gasteiger partial charge < -0.3 is 24.6 Å². The van der Waals surface area contributed by atoms with Gasteiger partial charge in [-0.25, -0.2) is 0 Å². The summed E-state index contributed by atoms with van der Waals surface area (Å²) in [6.45, 7) is 13.5. The molecule has 0 aromatic heterocycles. The van der Waals surface area contributed by atoms with Crippen LogP contribution in [0.4, 0.5) is 0 Å². The normalized spacial score (nSPS) is 29.3. The van der Waals surface area contributed by atoms with Gasteiger partial charge in [0.1, 0.15) is 6.10 Å². The first kappa shape index (κ1) is 19.9. The highest BCUT2D eigenvalue weighted by Gasteiger charge is 2.32. The summed E-state index contributed by atoms with van der Waals surface area (Å²) in [4.78, 5) is 9.99. The second-order valence-corrected chi connectivity index (χ2v) is 7.89. The number of hydrogen-bond acceptors (Lipinski definition) is 4. The van der Waals surface area contributed by atoms with Gasteiger partial charge in [-0.15, -0.1) is 0 Å². The summed E-state index contributed by atoms with van der Waals surface area (Å²) in [5.74, 6) is 1.79. The minimum Gasteiger partial charge on any atom is -0.375 e. The van der Waals surface area contributed by atoms with Crippen molar-refractivity contribution in [2.45, 2.75) is 58.2 Å². The molecule has 2 unspecified atom stereocenters. The van der Waals surface area contributed by atoms with Crippen LogP contribution in [0.3, 0.4) is 0 Å². The predicted octanol–water partition coefficient (Wildman–Crippen LogP) is 1.95. The van der Waals surface area contributed by atoms with Crippen molar-refractivity contribution in [2.75, 3.05) is 59.0 Å². The van der Waals surface area contributed by atoms with Crippen molar-refractivity contribution in [3.8, 4) is 0 Å². The number of nitrogens with one attached hydrogen (secondary N) is 1. The highest BCUT2D eigenvalue weighted by Crippen LogP contribution is 2.21. The Hall–Kier alpha value is -0.850. The quantitative estimate of drug-likeness (QED) is 0.575. The van der Waals surface area contributed by atoms with Crippen LogP contribution >= 0.6 is 0 Å². The molecule has 0 aliphatic carbocycles. The van der Waals surface area contributed by atoms with E-state index in [1.165, 1.54) is 38.9 Å². The third-order valence-electron chi connectivity index (χ3n) is 5.85. The molecule has 0 aromatic carbocycles. The summed E-state index contributed by atoms with van der Waals surface area (Å²) in [6, 6.07) is 0. The Morgan fingerprint density at radius 1 is 1.04 bits per heavy atom. The molecule has 26 heavy (non-hydrogen) atoms. The number of hydrogen-bond donors (Lipinski definition) is 1. The van der Waals surface area contributed by atoms with Gasteiger partial charge in [0.2, 0.25) is 0 Å². The number of rotatable bonds is 6. The second kappa shape index (κ2) is 10.5. The Morgan fingerprint density at radius 2 is 1.85 bits per heavy atom. The monoisotopic (exact) mass is 366 g/mol. The Labute approximate surface area is 159 Å². The lowest BCUT2D eigenvalue weighted by atomic mass is 9.97. The Bertz CT molecular complexity index is 432. The zero-order chi connectivity index (χ0) is 18.2. The van der Waals surface area contributed by atoms with Crippen LogP contribution in [0.5, 0.6) is 0 Å². The molecule has 3 saturated heterocycles. The molecule has 6 heteroatoms. The van der Waals surface area contributed by atoms with Gasteiger partial charge in [-0.05, 0) is 64.6 Å². The third kappa shape index (κ3) is 5.57. The van der Waals surface area contributed by atoms with E-state index in [2.05, 4.69) is 29.0 Å². The van der Waals surface area contributed by atoms with Gasteiger partial charge >= 0.3 is 0 Å². The summed E-state index contributed by atoms with van der Waals surface area (Å²) < 4.78 is 11.8. The number of guanidine groups is 1. The number of ether oxygens (including phenoxy) is 2. The van der Waals surface area contributed by atoms with Gasteiger partial charge in [0, 0.05) is 32.8 Å². The first-order valence-electron chi connectivity index (χ1n) is 10.8. The van der Waals surface area contributed by atoms with Crippen LogP contribution in [0.15, 0.2) is 4.99 Å². The number of nitrogens with zero attached hydrogens (tertiary/aromatic N) is 3. The van der Waals surface area contributed by atoms with Crippen LogP contribution in [-0.4, -0.2) is 87.0 Å². The van der Waals surface area contributed by atoms with Crippen molar-refractivity contribution in [2.24, 2.45) is 10.9 Å². The van der Waals surface area contributed by atoms with Crippen LogP contribution in [0.1, 0.15) is 46.0 Å². The molecular weight excluding hydrogens is 328 g/mol. The van der Waals surface area contributed by atoms with E-state index in [0.29, 0.717) is 0 Å². The Balaban J connectivity index is 1.51. The molecule has 0 saturated carbocycles. The predicted molar refractivity (Wildman–Crippen MR) is 106 cm³/mol. The molecule has 3 heterocycles. The van der Waals surface area contributed by atoms with Gasteiger partial charge in [-0.3, -0.25) is 4.99 Å². The largest absolute Gasteiger partial charge is 0.375 e. The average Bonchev–Trinajstić information content (AvgIpc) is 3.21. The van der Waals surface area contributed by atoms with E-state index < -0.39 is 0 Å². The maximum atomic E-state index is 5.99. The molecule has 3 fully saturated rings. The fraction of sp³-hybridized carbons (Fsp3) is 0.950. The van der Waals surface area contributed by atoms with Crippen molar-refractivity contribution < 1.29 is 9.47 Å². The molecule has 0 amide bonds. The Kier molecular flexibility index (Phi) is 8.02. The number of likely N-dealkylation sites (tertiary alicyclic amines) is 1. The zero-order valence-corrected chi connectivity index (χ0v) is 16.8.